The van der Waals surface area contributed by atoms with Gasteiger partial charge in [0.15, 0.2) is 0 Å². The second-order valence-electron chi connectivity index (χ2n) is 6.56. The van der Waals surface area contributed by atoms with Crippen LogP contribution in [0.5, 0.6) is 0 Å². The van der Waals surface area contributed by atoms with Gasteiger partial charge in [-0.2, -0.15) is 0 Å². The summed E-state index contributed by atoms with van der Waals surface area (Å²) in [7, 11) is 0. The summed E-state index contributed by atoms with van der Waals surface area (Å²) >= 11 is 0. The summed E-state index contributed by atoms with van der Waals surface area (Å²) < 4.78 is 0. The van der Waals surface area contributed by atoms with Crippen molar-refractivity contribution in [2.24, 2.45) is 0 Å². The van der Waals surface area contributed by atoms with E-state index in [1.165, 1.54) is 77.0 Å². The maximum absolute atomic E-state index is 5.66. The average Bonchev–Trinajstić information content (AvgIpc) is 2.57. The summed E-state index contributed by atoms with van der Waals surface area (Å²) in [4.78, 5) is 0. The predicted molar refractivity (Wildman–Crippen MR) is 103 cm³/mol. The number of rotatable bonds is 12. The zero-order valence-corrected chi connectivity index (χ0v) is 15.1. The maximum Gasteiger partial charge on any atom is 0.0314 e. The van der Waals surface area contributed by atoms with Crippen molar-refractivity contribution in [2.75, 3.05) is 5.73 Å². The highest BCUT2D eigenvalue weighted by Gasteiger charge is 1.93. The Morgan fingerprint density at radius 3 is 1.70 bits per heavy atom. The molecular weight excluding hydrogens is 278 g/mol. The number of hydrogen-bond donors (Lipinski definition) is 1. The Hall–Kier alpha value is -1.42. The van der Waals surface area contributed by atoms with Gasteiger partial charge < -0.3 is 5.73 Å². The highest BCUT2D eigenvalue weighted by Crippen LogP contribution is 2.12. The highest BCUT2D eigenvalue weighted by atomic mass is 14.5. The first kappa shape index (κ1) is 19.6. The smallest absolute Gasteiger partial charge is 0.0314 e. The second-order valence-corrected chi connectivity index (χ2v) is 6.56. The fourth-order valence-corrected chi connectivity index (χ4v) is 2.79. The minimum absolute atomic E-state index is 0.802. The Balaban J connectivity index is 1.86. The molecule has 0 aliphatic carbocycles. The van der Waals surface area contributed by atoms with Gasteiger partial charge in [0, 0.05) is 17.7 Å². The first-order valence-corrected chi connectivity index (χ1v) is 9.67. The number of nitrogen functional groups attached to an aromatic ring is 1. The van der Waals surface area contributed by atoms with Gasteiger partial charge in [0.1, 0.15) is 0 Å². The van der Waals surface area contributed by atoms with Gasteiger partial charge >= 0.3 is 0 Å². The van der Waals surface area contributed by atoms with Crippen molar-refractivity contribution in [3.8, 4) is 11.8 Å². The molecule has 1 aromatic rings. The van der Waals surface area contributed by atoms with E-state index in [4.69, 9.17) is 5.73 Å². The molecule has 0 saturated heterocycles. The molecule has 23 heavy (non-hydrogen) atoms. The molecule has 0 amide bonds. The molecule has 0 spiro atoms. The van der Waals surface area contributed by atoms with Crippen molar-refractivity contribution in [3.05, 3.63) is 29.8 Å². The van der Waals surface area contributed by atoms with E-state index in [9.17, 15) is 0 Å². The normalized spacial score (nSPS) is 10.3. The molecule has 1 heteroatoms. The third-order valence-electron chi connectivity index (χ3n) is 4.30. The van der Waals surface area contributed by atoms with Crippen LogP contribution in [0.2, 0.25) is 0 Å². The van der Waals surface area contributed by atoms with Crippen molar-refractivity contribution in [2.45, 2.75) is 90.4 Å². The summed E-state index contributed by atoms with van der Waals surface area (Å²) in [6.07, 6.45) is 17.7. The molecular formula is C22H35N. The molecule has 0 aromatic heterocycles. The van der Waals surface area contributed by atoms with Crippen LogP contribution in [0.1, 0.15) is 96.0 Å². The first-order chi connectivity index (χ1) is 11.3. The standard InChI is InChI=1S/C22H35N/c1-2-3-4-5-6-7-8-9-10-11-12-13-14-15-16-21-17-19-22(23)20-18-21/h17-20H,2-14,23H2,1H3. The quantitative estimate of drug-likeness (QED) is 0.259. The minimum atomic E-state index is 0.802. The van der Waals surface area contributed by atoms with Crippen LogP contribution in [0.3, 0.4) is 0 Å². The SMILES string of the molecule is CCCCCCCCCCCCCCC#Cc1ccc(N)cc1. The third-order valence-corrected chi connectivity index (χ3v) is 4.30. The molecule has 0 radical (unpaired) electrons. The van der Waals surface area contributed by atoms with Crippen molar-refractivity contribution >= 4 is 5.69 Å². The Morgan fingerprint density at radius 2 is 1.17 bits per heavy atom. The molecule has 0 unspecified atom stereocenters. The molecule has 0 heterocycles. The Bertz CT molecular complexity index is 435. The van der Waals surface area contributed by atoms with Crippen LogP contribution >= 0.6 is 0 Å². The molecule has 0 fully saturated rings. The molecule has 1 aromatic carbocycles. The molecule has 128 valence electrons. The zero-order chi connectivity index (χ0) is 16.6. The van der Waals surface area contributed by atoms with E-state index in [0.29, 0.717) is 0 Å². The summed E-state index contributed by atoms with van der Waals surface area (Å²) in [5.74, 6) is 6.47. The van der Waals surface area contributed by atoms with Crippen LogP contribution in [0, 0.1) is 11.8 Å². The molecule has 2 N–H and O–H groups in total. The molecule has 0 saturated carbocycles. The van der Waals surface area contributed by atoms with Crippen LogP contribution in [-0.4, -0.2) is 0 Å². The van der Waals surface area contributed by atoms with E-state index in [2.05, 4.69) is 18.8 Å². The van der Waals surface area contributed by atoms with Crippen molar-refractivity contribution in [3.63, 3.8) is 0 Å². The van der Waals surface area contributed by atoms with E-state index in [-0.39, 0.29) is 0 Å². The van der Waals surface area contributed by atoms with Gasteiger partial charge in [0.25, 0.3) is 0 Å². The highest BCUT2D eigenvalue weighted by molar-refractivity contribution is 5.44. The fourth-order valence-electron chi connectivity index (χ4n) is 2.79. The summed E-state index contributed by atoms with van der Waals surface area (Å²) in [6, 6.07) is 7.80. The van der Waals surface area contributed by atoms with Crippen LogP contribution in [-0.2, 0) is 0 Å². The Morgan fingerprint density at radius 1 is 0.696 bits per heavy atom. The fraction of sp³-hybridized carbons (Fsp3) is 0.636. The van der Waals surface area contributed by atoms with Crippen LogP contribution < -0.4 is 5.73 Å². The topological polar surface area (TPSA) is 26.0 Å². The van der Waals surface area contributed by atoms with Crippen molar-refractivity contribution in [1.29, 1.82) is 0 Å². The number of hydrogen-bond acceptors (Lipinski definition) is 1. The molecule has 0 bridgehead atoms. The summed E-state index contributed by atoms with van der Waals surface area (Å²) in [6.45, 7) is 2.28. The van der Waals surface area contributed by atoms with Gasteiger partial charge in [-0.25, -0.2) is 0 Å². The first-order valence-electron chi connectivity index (χ1n) is 9.67. The Kier molecular flexibility index (Phi) is 12.1. The van der Waals surface area contributed by atoms with Crippen molar-refractivity contribution in [1.82, 2.24) is 0 Å². The van der Waals surface area contributed by atoms with Crippen LogP contribution in [0.15, 0.2) is 24.3 Å². The molecule has 1 rings (SSSR count). The largest absolute Gasteiger partial charge is 0.399 e. The molecule has 0 atom stereocenters. The number of anilines is 1. The second kappa shape index (κ2) is 14.2. The lowest BCUT2D eigenvalue weighted by molar-refractivity contribution is 0.545. The van der Waals surface area contributed by atoms with E-state index in [1.807, 2.05) is 24.3 Å². The predicted octanol–water partition coefficient (Wildman–Crippen LogP) is 6.71. The van der Waals surface area contributed by atoms with Gasteiger partial charge in [0.05, 0.1) is 0 Å². The average molecular weight is 314 g/mol. The van der Waals surface area contributed by atoms with E-state index < -0.39 is 0 Å². The third kappa shape index (κ3) is 11.8. The van der Waals surface area contributed by atoms with Gasteiger partial charge in [-0.15, -0.1) is 0 Å². The number of nitrogens with two attached hydrogens (primary N) is 1. The lowest BCUT2D eigenvalue weighted by atomic mass is 10.0. The zero-order valence-electron chi connectivity index (χ0n) is 15.1. The Labute approximate surface area is 144 Å². The van der Waals surface area contributed by atoms with Gasteiger partial charge in [0.2, 0.25) is 0 Å². The van der Waals surface area contributed by atoms with Gasteiger partial charge in [-0.3, -0.25) is 0 Å². The summed E-state index contributed by atoms with van der Waals surface area (Å²) in [5, 5.41) is 0. The van der Waals surface area contributed by atoms with Crippen LogP contribution in [0.25, 0.3) is 0 Å². The van der Waals surface area contributed by atoms with E-state index >= 15 is 0 Å². The lowest BCUT2D eigenvalue weighted by Gasteiger charge is -2.01. The van der Waals surface area contributed by atoms with Gasteiger partial charge in [-0.1, -0.05) is 89.4 Å². The summed E-state index contributed by atoms with van der Waals surface area (Å²) in [5.41, 5.74) is 7.53. The van der Waals surface area contributed by atoms with Gasteiger partial charge in [-0.05, 0) is 30.7 Å². The number of benzene rings is 1. The molecule has 1 nitrogen and oxygen atoms in total. The lowest BCUT2D eigenvalue weighted by Crippen LogP contribution is -1.83. The van der Waals surface area contributed by atoms with E-state index in [1.54, 1.807) is 0 Å². The van der Waals surface area contributed by atoms with Crippen molar-refractivity contribution < 1.29 is 0 Å². The minimum Gasteiger partial charge on any atom is -0.399 e. The number of unbranched alkanes of at least 4 members (excludes halogenated alkanes) is 12. The van der Waals surface area contributed by atoms with Crippen LogP contribution in [0.4, 0.5) is 5.69 Å². The maximum atomic E-state index is 5.66. The van der Waals surface area contributed by atoms with E-state index in [0.717, 1.165) is 17.7 Å². The monoisotopic (exact) mass is 313 g/mol. The molecule has 0 aliphatic rings. The molecule has 0 aliphatic heterocycles.